The molecule has 0 radical (unpaired) electrons. The standard InChI is InChI=1S/C12H12BrFN2O/c1-8-5-10(16-17-8)7-15-6-9-3-2-4-11(14)12(9)13/h2-5,15H,6-7H2,1H3. The van der Waals surface area contributed by atoms with Gasteiger partial charge in [0.05, 0.1) is 10.2 Å². The fourth-order valence-corrected chi connectivity index (χ4v) is 1.92. The first kappa shape index (κ1) is 12.3. The quantitative estimate of drug-likeness (QED) is 0.942. The van der Waals surface area contributed by atoms with E-state index in [1.54, 1.807) is 6.07 Å². The second kappa shape index (κ2) is 5.42. The molecule has 0 aliphatic carbocycles. The van der Waals surface area contributed by atoms with E-state index in [0.29, 0.717) is 17.6 Å². The molecule has 17 heavy (non-hydrogen) atoms. The van der Waals surface area contributed by atoms with Crippen LogP contribution in [0.3, 0.4) is 0 Å². The molecule has 0 saturated carbocycles. The molecule has 0 aliphatic heterocycles. The molecule has 0 atom stereocenters. The molecule has 0 aliphatic rings. The van der Waals surface area contributed by atoms with Crippen molar-refractivity contribution in [2.75, 3.05) is 0 Å². The van der Waals surface area contributed by atoms with E-state index in [4.69, 9.17) is 4.52 Å². The van der Waals surface area contributed by atoms with Crippen LogP contribution < -0.4 is 5.32 Å². The third-order valence-electron chi connectivity index (χ3n) is 2.33. The molecule has 0 bridgehead atoms. The molecule has 0 amide bonds. The summed E-state index contributed by atoms with van der Waals surface area (Å²) in [4.78, 5) is 0. The van der Waals surface area contributed by atoms with Crippen molar-refractivity contribution in [3.8, 4) is 0 Å². The summed E-state index contributed by atoms with van der Waals surface area (Å²) in [6, 6.07) is 6.85. The van der Waals surface area contributed by atoms with Gasteiger partial charge in [-0.15, -0.1) is 0 Å². The molecule has 2 rings (SSSR count). The van der Waals surface area contributed by atoms with E-state index in [0.717, 1.165) is 17.0 Å². The number of rotatable bonds is 4. The Balaban J connectivity index is 1.92. The summed E-state index contributed by atoms with van der Waals surface area (Å²) >= 11 is 3.22. The number of halogens is 2. The largest absolute Gasteiger partial charge is 0.361 e. The van der Waals surface area contributed by atoms with E-state index < -0.39 is 0 Å². The Morgan fingerprint density at radius 1 is 1.41 bits per heavy atom. The van der Waals surface area contributed by atoms with Gasteiger partial charge in [0.25, 0.3) is 0 Å². The first-order valence-corrected chi connectivity index (χ1v) is 6.02. The lowest BCUT2D eigenvalue weighted by molar-refractivity contribution is 0.388. The molecule has 0 spiro atoms. The molecule has 0 unspecified atom stereocenters. The number of benzene rings is 1. The molecule has 2 aromatic rings. The van der Waals surface area contributed by atoms with Crippen LogP contribution in [0.15, 0.2) is 33.3 Å². The maximum atomic E-state index is 13.2. The molecule has 1 aromatic heterocycles. The van der Waals surface area contributed by atoms with Gasteiger partial charge in [0.2, 0.25) is 0 Å². The van der Waals surface area contributed by atoms with Gasteiger partial charge < -0.3 is 9.84 Å². The van der Waals surface area contributed by atoms with Gasteiger partial charge in [0.15, 0.2) is 0 Å². The van der Waals surface area contributed by atoms with Crippen LogP contribution >= 0.6 is 15.9 Å². The zero-order valence-electron chi connectivity index (χ0n) is 9.34. The van der Waals surface area contributed by atoms with Crippen LogP contribution in [0.2, 0.25) is 0 Å². The Morgan fingerprint density at radius 3 is 2.94 bits per heavy atom. The van der Waals surface area contributed by atoms with Crippen LogP contribution in [0, 0.1) is 12.7 Å². The second-order valence-corrected chi connectivity index (χ2v) is 4.54. The van der Waals surface area contributed by atoms with Crippen LogP contribution in [0.1, 0.15) is 17.0 Å². The summed E-state index contributed by atoms with van der Waals surface area (Å²) in [5.41, 5.74) is 1.72. The van der Waals surface area contributed by atoms with Crippen LogP contribution in [-0.2, 0) is 13.1 Å². The van der Waals surface area contributed by atoms with Crippen molar-refractivity contribution < 1.29 is 8.91 Å². The van der Waals surface area contributed by atoms with Gasteiger partial charge >= 0.3 is 0 Å². The van der Waals surface area contributed by atoms with Gasteiger partial charge in [-0.2, -0.15) is 0 Å². The highest BCUT2D eigenvalue weighted by atomic mass is 79.9. The fraction of sp³-hybridized carbons (Fsp3) is 0.250. The van der Waals surface area contributed by atoms with E-state index in [-0.39, 0.29) is 5.82 Å². The second-order valence-electron chi connectivity index (χ2n) is 3.75. The Labute approximate surface area is 107 Å². The zero-order chi connectivity index (χ0) is 12.3. The van der Waals surface area contributed by atoms with E-state index >= 15 is 0 Å². The highest BCUT2D eigenvalue weighted by Crippen LogP contribution is 2.20. The van der Waals surface area contributed by atoms with Crippen LogP contribution in [-0.4, -0.2) is 5.16 Å². The molecule has 0 saturated heterocycles. The molecule has 1 heterocycles. The van der Waals surface area contributed by atoms with Crippen molar-refractivity contribution in [1.29, 1.82) is 0 Å². The van der Waals surface area contributed by atoms with E-state index in [2.05, 4.69) is 26.4 Å². The first-order valence-electron chi connectivity index (χ1n) is 5.22. The molecular weight excluding hydrogens is 287 g/mol. The third kappa shape index (κ3) is 3.14. The number of hydrogen-bond acceptors (Lipinski definition) is 3. The van der Waals surface area contributed by atoms with Crippen molar-refractivity contribution in [2.45, 2.75) is 20.0 Å². The number of aryl methyl sites for hydroxylation is 1. The molecule has 90 valence electrons. The zero-order valence-corrected chi connectivity index (χ0v) is 10.9. The lowest BCUT2D eigenvalue weighted by atomic mass is 10.2. The van der Waals surface area contributed by atoms with Gasteiger partial charge in [-0.3, -0.25) is 0 Å². The minimum Gasteiger partial charge on any atom is -0.361 e. The number of aromatic nitrogens is 1. The fourth-order valence-electron chi connectivity index (χ4n) is 1.51. The Bertz CT molecular complexity index is 513. The minimum absolute atomic E-state index is 0.249. The molecular formula is C12H12BrFN2O. The summed E-state index contributed by atoms with van der Waals surface area (Å²) in [7, 11) is 0. The predicted molar refractivity (Wildman–Crippen MR) is 65.9 cm³/mol. The number of hydrogen-bond donors (Lipinski definition) is 1. The highest BCUT2D eigenvalue weighted by molar-refractivity contribution is 9.10. The first-order chi connectivity index (χ1) is 8.16. The molecule has 3 nitrogen and oxygen atoms in total. The van der Waals surface area contributed by atoms with Gasteiger partial charge in [-0.05, 0) is 34.5 Å². The van der Waals surface area contributed by atoms with Crippen LogP contribution in [0.25, 0.3) is 0 Å². The van der Waals surface area contributed by atoms with E-state index in [9.17, 15) is 4.39 Å². The average molecular weight is 299 g/mol. The Morgan fingerprint density at radius 2 is 2.24 bits per heavy atom. The van der Waals surface area contributed by atoms with Gasteiger partial charge in [-0.1, -0.05) is 17.3 Å². The van der Waals surface area contributed by atoms with Crippen molar-refractivity contribution >= 4 is 15.9 Å². The van der Waals surface area contributed by atoms with Crippen molar-refractivity contribution in [2.24, 2.45) is 0 Å². The third-order valence-corrected chi connectivity index (χ3v) is 3.22. The summed E-state index contributed by atoms with van der Waals surface area (Å²) < 4.78 is 18.7. The van der Waals surface area contributed by atoms with Gasteiger partial charge in [0, 0.05) is 19.2 Å². The normalized spacial score (nSPS) is 10.8. The van der Waals surface area contributed by atoms with Crippen molar-refractivity contribution in [3.63, 3.8) is 0 Å². The van der Waals surface area contributed by atoms with E-state index in [1.807, 2.05) is 19.1 Å². The highest BCUT2D eigenvalue weighted by Gasteiger charge is 2.05. The van der Waals surface area contributed by atoms with Crippen LogP contribution in [0.5, 0.6) is 0 Å². The topological polar surface area (TPSA) is 38.1 Å². The molecule has 5 heteroatoms. The summed E-state index contributed by atoms with van der Waals surface area (Å²) in [5.74, 6) is 0.537. The SMILES string of the molecule is Cc1cc(CNCc2cccc(F)c2Br)no1. The molecule has 1 N–H and O–H groups in total. The number of nitrogens with one attached hydrogen (secondary N) is 1. The average Bonchev–Trinajstić information content (AvgIpc) is 2.70. The van der Waals surface area contributed by atoms with Crippen molar-refractivity contribution in [3.05, 3.63) is 51.6 Å². The van der Waals surface area contributed by atoms with Gasteiger partial charge in [0.1, 0.15) is 11.6 Å². The van der Waals surface area contributed by atoms with Crippen molar-refractivity contribution in [1.82, 2.24) is 10.5 Å². The Kier molecular flexibility index (Phi) is 3.91. The summed E-state index contributed by atoms with van der Waals surface area (Å²) in [6.45, 7) is 3.02. The lowest BCUT2D eigenvalue weighted by Crippen LogP contribution is -2.13. The minimum atomic E-state index is -0.249. The van der Waals surface area contributed by atoms with Gasteiger partial charge in [-0.25, -0.2) is 4.39 Å². The smallest absolute Gasteiger partial charge is 0.137 e. The monoisotopic (exact) mass is 298 g/mol. The number of nitrogens with zero attached hydrogens (tertiary/aromatic N) is 1. The summed E-state index contributed by atoms with van der Waals surface area (Å²) in [6.07, 6.45) is 0. The molecule has 0 fully saturated rings. The Hall–Kier alpha value is -1.20. The lowest BCUT2D eigenvalue weighted by Gasteiger charge is -2.05. The predicted octanol–water partition coefficient (Wildman–Crippen LogP) is 3.17. The maximum absolute atomic E-state index is 13.2. The maximum Gasteiger partial charge on any atom is 0.137 e. The molecule has 1 aromatic carbocycles. The summed E-state index contributed by atoms with van der Waals surface area (Å²) in [5, 5.41) is 7.04. The van der Waals surface area contributed by atoms with Crippen LogP contribution in [0.4, 0.5) is 4.39 Å². The van der Waals surface area contributed by atoms with E-state index in [1.165, 1.54) is 6.07 Å².